The summed E-state index contributed by atoms with van der Waals surface area (Å²) in [7, 11) is 0. The first-order chi connectivity index (χ1) is 9.88. The van der Waals surface area contributed by atoms with Gasteiger partial charge in [-0.3, -0.25) is 9.89 Å². The fraction of sp³-hybridized carbons (Fsp3) is 0.231. The lowest BCUT2D eigenvalue weighted by Crippen LogP contribution is -2.30. The molecular formula is C13H12F3N3O2. The predicted octanol–water partition coefficient (Wildman–Crippen LogP) is 2.83. The average molecular weight is 299 g/mol. The minimum absolute atomic E-state index is 0.389. The Balaban J connectivity index is 2.09. The Morgan fingerprint density at radius 1 is 1.38 bits per heavy atom. The van der Waals surface area contributed by atoms with Crippen molar-refractivity contribution in [2.75, 3.05) is 5.32 Å². The number of nitrogens with one attached hydrogen (secondary N) is 2. The molecule has 0 radical (unpaired) electrons. The summed E-state index contributed by atoms with van der Waals surface area (Å²) in [6, 6.07) is 4.73. The van der Waals surface area contributed by atoms with Crippen LogP contribution in [0, 0.1) is 0 Å². The highest BCUT2D eigenvalue weighted by Gasteiger charge is 2.34. The summed E-state index contributed by atoms with van der Waals surface area (Å²) >= 11 is 0. The fourth-order valence-electron chi connectivity index (χ4n) is 1.61. The highest BCUT2D eigenvalue weighted by Crippen LogP contribution is 2.36. The normalized spacial score (nSPS) is 12.8. The molecule has 1 heterocycles. The molecule has 0 unspecified atom stereocenters. The van der Waals surface area contributed by atoms with E-state index in [1.165, 1.54) is 37.5 Å². The van der Waals surface area contributed by atoms with E-state index in [0.717, 1.165) is 6.07 Å². The molecule has 2 N–H and O–H groups in total. The van der Waals surface area contributed by atoms with Gasteiger partial charge in [-0.25, -0.2) is 0 Å². The van der Waals surface area contributed by atoms with E-state index in [2.05, 4.69) is 15.5 Å². The smallest absolute Gasteiger partial charge is 0.419 e. The van der Waals surface area contributed by atoms with Crippen molar-refractivity contribution in [3.63, 3.8) is 0 Å². The first-order valence-electron chi connectivity index (χ1n) is 6.00. The van der Waals surface area contributed by atoms with Crippen LogP contribution in [0.3, 0.4) is 0 Å². The number of H-pyrrole nitrogens is 1. The topological polar surface area (TPSA) is 67.0 Å². The number of alkyl halides is 3. The van der Waals surface area contributed by atoms with E-state index in [9.17, 15) is 18.0 Å². The Morgan fingerprint density at radius 2 is 2.10 bits per heavy atom. The van der Waals surface area contributed by atoms with Gasteiger partial charge in [0.2, 0.25) is 0 Å². The van der Waals surface area contributed by atoms with Crippen molar-refractivity contribution in [3.8, 4) is 5.75 Å². The molecule has 2 rings (SSSR count). The Labute approximate surface area is 118 Å². The van der Waals surface area contributed by atoms with Gasteiger partial charge < -0.3 is 10.1 Å². The van der Waals surface area contributed by atoms with Gasteiger partial charge in [-0.15, -0.1) is 0 Å². The fourth-order valence-corrected chi connectivity index (χ4v) is 1.61. The Kier molecular flexibility index (Phi) is 4.15. The number of para-hydroxylation sites is 1. The van der Waals surface area contributed by atoms with E-state index >= 15 is 0 Å². The second kappa shape index (κ2) is 5.86. The number of halogens is 3. The molecule has 2 aromatic rings. The van der Waals surface area contributed by atoms with Crippen molar-refractivity contribution in [1.29, 1.82) is 0 Å². The van der Waals surface area contributed by atoms with Gasteiger partial charge in [-0.2, -0.15) is 18.3 Å². The Morgan fingerprint density at radius 3 is 2.71 bits per heavy atom. The maximum Gasteiger partial charge on any atom is 0.419 e. The molecule has 8 heteroatoms. The highest BCUT2D eigenvalue weighted by atomic mass is 19.4. The van der Waals surface area contributed by atoms with Crippen molar-refractivity contribution < 1.29 is 22.7 Å². The number of amides is 1. The third-order valence-electron chi connectivity index (χ3n) is 2.63. The van der Waals surface area contributed by atoms with E-state index in [1.54, 1.807) is 0 Å². The van der Waals surface area contributed by atoms with Crippen LogP contribution in [0.25, 0.3) is 0 Å². The number of hydrogen-bond donors (Lipinski definition) is 2. The number of nitrogens with zero attached hydrogens (tertiary/aromatic N) is 1. The average Bonchev–Trinajstić information content (AvgIpc) is 2.91. The van der Waals surface area contributed by atoms with Gasteiger partial charge >= 0.3 is 6.18 Å². The lowest BCUT2D eigenvalue weighted by Gasteiger charge is -2.17. The Bertz CT molecular complexity index is 611. The van der Waals surface area contributed by atoms with Crippen LogP contribution in [0.5, 0.6) is 5.75 Å². The van der Waals surface area contributed by atoms with Gasteiger partial charge in [-0.1, -0.05) is 12.1 Å². The number of ether oxygens (including phenoxy) is 1. The van der Waals surface area contributed by atoms with E-state index in [1.807, 2.05) is 0 Å². The van der Waals surface area contributed by atoms with Gasteiger partial charge in [0.15, 0.2) is 6.10 Å². The van der Waals surface area contributed by atoms with Gasteiger partial charge in [0.25, 0.3) is 5.91 Å². The number of hydrogen-bond acceptors (Lipinski definition) is 3. The molecule has 0 aliphatic carbocycles. The zero-order chi connectivity index (χ0) is 15.5. The molecule has 1 atom stereocenters. The first-order valence-corrected chi connectivity index (χ1v) is 6.00. The summed E-state index contributed by atoms with van der Waals surface area (Å²) in [5.74, 6) is -0.965. The molecule has 0 fully saturated rings. The highest BCUT2D eigenvalue weighted by molar-refractivity contribution is 5.93. The number of anilines is 1. The minimum atomic E-state index is -4.54. The van der Waals surface area contributed by atoms with Crippen molar-refractivity contribution in [1.82, 2.24) is 10.2 Å². The van der Waals surface area contributed by atoms with Crippen molar-refractivity contribution in [2.24, 2.45) is 0 Å². The van der Waals surface area contributed by atoms with Crippen molar-refractivity contribution in [3.05, 3.63) is 42.2 Å². The first kappa shape index (κ1) is 14.9. The largest absolute Gasteiger partial charge is 0.480 e. The number of aromatic amines is 1. The van der Waals surface area contributed by atoms with Crippen molar-refractivity contribution in [2.45, 2.75) is 19.2 Å². The van der Waals surface area contributed by atoms with E-state index in [4.69, 9.17) is 4.74 Å². The minimum Gasteiger partial charge on any atom is -0.480 e. The summed E-state index contributed by atoms with van der Waals surface area (Å²) in [6.45, 7) is 1.36. The lowest BCUT2D eigenvalue weighted by molar-refractivity contribution is -0.140. The molecule has 112 valence electrons. The van der Waals surface area contributed by atoms with Crippen LogP contribution in [-0.2, 0) is 11.0 Å². The van der Waals surface area contributed by atoms with Gasteiger partial charge in [0.05, 0.1) is 17.4 Å². The second-order valence-electron chi connectivity index (χ2n) is 4.23. The number of carbonyl (C=O) groups excluding carboxylic acids is 1. The van der Waals surface area contributed by atoms with E-state index < -0.39 is 23.8 Å². The molecule has 1 aromatic heterocycles. The van der Waals surface area contributed by atoms with E-state index in [0.29, 0.717) is 5.69 Å². The third kappa shape index (κ3) is 3.74. The molecular weight excluding hydrogens is 287 g/mol. The lowest BCUT2D eigenvalue weighted by atomic mass is 10.2. The zero-order valence-electron chi connectivity index (χ0n) is 10.9. The van der Waals surface area contributed by atoms with Crippen LogP contribution in [0.15, 0.2) is 36.7 Å². The zero-order valence-corrected chi connectivity index (χ0v) is 10.9. The van der Waals surface area contributed by atoms with Crippen molar-refractivity contribution >= 4 is 11.6 Å². The van der Waals surface area contributed by atoms with Gasteiger partial charge in [0.1, 0.15) is 5.75 Å². The standard InChI is InChI=1S/C13H12F3N3O2/c1-8(12(20)19-9-6-17-18-7-9)21-11-5-3-2-4-10(11)13(14,15)16/h2-8H,1H3,(H,17,18)(H,19,20)/t8-/m1/s1. The molecule has 0 saturated heterocycles. The summed E-state index contributed by atoms with van der Waals surface area (Å²) < 4.78 is 43.6. The summed E-state index contributed by atoms with van der Waals surface area (Å²) in [5.41, 5.74) is -0.521. The molecule has 0 saturated carbocycles. The molecule has 1 amide bonds. The quantitative estimate of drug-likeness (QED) is 0.912. The number of benzene rings is 1. The molecule has 0 spiro atoms. The third-order valence-corrected chi connectivity index (χ3v) is 2.63. The molecule has 21 heavy (non-hydrogen) atoms. The molecule has 0 aliphatic heterocycles. The number of carbonyl (C=O) groups is 1. The maximum absolute atomic E-state index is 12.8. The number of rotatable bonds is 4. The predicted molar refractivity (Wildman–Crippen MR) is 68.8 cm³/mol. The number of aromatic nitrogens is 2. The maximum atomic E-state index is 12.8. The summed E-state index contributed by atoms with van der Waals surface area (Å²) in [4.78, 5) is 11.8. The van der Waals surface area contributed by atoms with Crippen LogP contribution in [0.4, 0.5) is 18.9 Å². The van der Waals surface area contributed by atoms with Crippen LogP contribution >= 0.6 is 0 Å². The molecule has 1 aromatic carbocycles. The monoisotopic (exact) mass is 299 g/mol. The van der Waals surface area contributed by atoms with Crippen LogP contribution in [0.2, 0.25) is 0 Å². The second-order valence-corrected chi connectivity index (χ2v) is 4.23. The van der Waals surface area contributed by atoms with Crippen LogP contribution in [0.1, 0.15) is 12.5 Å². The van der Waals surface area contributed by atoms with Crippen LogP contribution < -0.4 is 10.1 Å². The SMILES string of the molecule is C[C@@H](Oc1ccccc1C(F)(F)F)C(=O)Nc1cn[nH]c1. The van der Waals surface area contributed by atoms with E-state index in [-0.39, 0.29) is 5.75 Å². The summed E-state index contributed by atoms with van der Waals surface area (Å²) in [6.07, 6.45) is -2.83. The molecule has 0 bridgehead atoms. The van der Waals surface area contributed by atoms with Crippen LogP contribution in [-0.4, -0.2) is 22.2 Å². The Hall–Kier alpha value is -2.51. The van der Waals surface area contributed by atoms with Gasteiger partial charge in [0, 0.05) is 6.20 Å². The molecule has 5 nitrogen and oxygen atoms in total. The molecule has 0 aliphatic rings. The summed E-state index contributed by atoms with van der Waals surface area (Å²) in [5, 5.41) is 8.60. The van der Waals surface area contributed by atoms with Gasteiger partial charge in [-0.05, 0) is 19.1 Å².